The number of aromatic nitrogens is 2. The summed E-state index contributed by atoms with van der Waals surface area (Å²) in [4.78, 5) is 38.6. The molecule has 0 atom stereocenters. The van der Waals surface area contributed by atoms with Crippen LogP contribution in [0.3, 0.4) is 0 Å². The minimum absolute atomic E-state index is 0.0384. The summed E-state index contributed by atoms with van der Waals surface area (Å²) < 4.78 is 0. The number of carbonyl (C=O) groups excluding carboxylic acids is 2. The van der Waals surface area contributed by atoms with E-state index in [4.69, 9.17) is 0 Å². The molecule has 2 rings (SSSR count). The van der Waals surface area contributed by atoms with Crippen molar-refractivity contribution < 1.29 is 9.59 Å². The number of carbonyl (C=O) groups is 2. The molecule has 1 saturated heterocycles. The molecule has 32 heavy (non-hydrogen) atoms. The lowest BCUT2D eigenvalue weighted by atomic mass is 10.1. The average Bonchev–Trinajstić information content (AvgIpc) is 2.77. The molecular weight excluding hydrogens is 404 g/mol. The highest BCUT2D eigenvalue weighted by atomic mass is 16.2. The van der Waals surface area contributed by atoms with Gasteiger partial charge in [-0.3, -0.25) is 9.59 Å². The van der Waals surface area contributed by atoms with Gasteiger partial charge in [-0.2, -0.15) is 0 Å². The zero-order valence-electron chi connectivity index (χ0n) is 19.9. The van der Waals surface area contributed by atoms with Gasteiger partial charge in [-0.1, -0.05) is 17.9 Å². The van der Waals surface area contributed by atoms with Crippen LogP contribution in [-0.2, 0) is 9.59 Å². The van der Waals surface area contributed by atoms with Crippen LogP contribution >= 0.6 is 0 Å². The Kier molecular flexibility index (Phi) is 10.7. The highest BCUT2D eigenvalue weighted by Gasteiger charge is 2.16. The smallest absolute Gasteiger partial charge is 0.246 e. The van der Waals surface area contributed by atoms with E-state index in [1.165, 1.54) is 30.2 Å². The van der Waals surface area contributed by atoms with Crippen molar-refractivity contribution in [3.05, 3.63) is 29.7 Å². The molecule has 1 fully saturated rings. The zero-order valence-corrected chi connectivity index (χ0v) is 19.9. The fourth-order valence-electron chi connectivity index (χ4n) is 3.30. The molecule has 8 heteroatoms. The van der Waals surface area contributed by atoms with E-state index in [1.807, 2.05) is 25.9 Å². The van der Waals surface area contributed by atoms with Gasteiger partial charge in [-0.05, 0) is 46.7 Å². The molecular formula is C24H36N6O2. The lowest BCUT2D eigenvalue weighted by Gasteiger charge is -2.28. The fraction of sp³-hybridized carbons (Fsp3) is 0.583. The van der Waals surface area contributed by atoms with E-state index in [1.54, 1.807) is 19.3 Å². The molecule has 1 aromatic rings. The summed E-state index contributed by atoms with van der Waals surface area (Å²) >= 11 is 0. The number of hydrogen-bond acceptors (Lipinski definition) is 6. The van der Waals surface area contributed by atoms with Crippen LogP contribution < -0.4 is 10.2 Å². The molecule has 0 radical (unpaired) electrons. The fourth-order valence-corrected chi connectivity index (χ4v) is 3.30. The lowest BCUT2D eigenvalue weighted by Crippen LogP contribution is -2.38. The van der Waals surface area contributed by atoms with Crippen molar-refractivity contribution in [2.45, 2.75) is 39.0 Å². The van der Waals surface area contributed by atoms with Crippen molar-refractivity contribution in [3.8, 4) is 11.8 Å². The van der Waals surface area contributed by atoms with E-state index in [0.29, 0.717) is 19.5 Å². The quantitative estimate of drug-likeness (QED) is 0.357. The summed E-state index contributed by atoms with van der Waals surface area (Å²) in [6, 6.07) is 0. The van der Waals surface area contributed by atoms with Crippen molar-refractivity contribution in [3.63, 3.8) is 0 Å². The largest absolute Gasteiger partial charge is 0.355 e. The van der Waals surface area contributed by atoms with Gasteiger partial charge in [-0.15, -0.1) is 0 Å². The normalized spacial score (nSPS) is 13.7. The summed E-state index contributed by atoms with van der Waals surface area (Å²) in [5.41, 5.74) is 0.865. The molecule has 174 valence electrons. The van der Waals surface area contributed by atoms with Gasteiger partial charge in [0.05, 0.1) is 12.1 Å². The molecule has 1 aliphatic rings. The Hall–Kier alpha value is -2.92. The van der Waals surface area contributed by atoms with Crippen LogP contribution in [0.4, 0.5) is 5.82 Å². The summed E-state index contributed by atoms with van der Waals surface area (Å²) in [7, 11) is 5.48. The Morgan fingerprint density at radius 1 is 1.22 bits per heavy atom. The molecule has 0 aromatic carbocycles. The Balaban J connectivity index is 1.74. The summed E-state index contributed by atoms with van der Waals surface area (Å²) in [6.45, 7) is 5.17. The molecule has 0 unspecified atom stereocenters. The second-order valence-corrected chi connectivity index (χ2v) is 8.32. The van der Waals surface area contributed by atoms with Crippen molar-refractivity contribution in [1.29, 1.82) is 0 Å². The maximum atomic E-state index is 12.1. The van der Waals surface area contributed by atoms with Gasteiger partial charge in [-0.25, -0.2) is 9.97 Å². The highest BCUT2D eigenvalue weighted by Crippen LogP contribution is 2.21. The van der Waals surface area contributed by atoms with Crippen LogP contribution in [0, 0.1) is 18.8 Å². The first-order valence-electron chi connectivity index (χ1n) is 11.3. The highest BCUT2D eigenvalue weighted by molar-refractivity contribution is 5.91. The molecule has 1 aromatic heterocycles. The summed E-state index contributed by atoms with van der Waals surface area (Å²) in [5, 5.41) is 2.85. The van der Waals surface area contributed by atoms with Crippen LogP contribution in [0.2, 0.25) is 0 Å². The lowest BCUT2D eigenvalue weighted by molar-refractivity contribution is -0.131. The van der Waals surface area contributed by atoms with Gasteiger partial charge in [0.1, 0.15) is 11.6 Å². The molecule has 2 heterocycles. The standard InChI is InChI=1S/C24H36N6O2/c1-20-26-18-21(24(27-20)30-16-9-6-10-17-30)12-7-5-8-14-25-22(31)19-29(4)23(32)13-11-15-28(2)3/h11,13,18H,5-6,8-10,14-17,19H2,1-4H3,(H,25,31)/b13-11+. The average molecular weight is 441 g/mol. The molecule has 0 saturated carbocycles. The first kappa shape index (κ1) is 25.3. The Morgan fingerprint density at radius 3 is 2.69 bits per heavy atom. The van der Waals surface area contributed by atoms with E-state index in [-0.39, 0.29) is 18.4 Å². The Bertz CT molecular complexity index is 850. The minimum atomic E-state index is -0.183. The topological polar surface area (TPSA) is 81.7 Å². The van der Waals surface area contributed by atoms with Gasteiger partial charge >= 0.3 is 0 Å². The van der Waals surface area contributed by atoms with Crippen molar-refractivity contribution >= 4 is 17.6 Å². The maximum absolute atomic E-state index is 12.1. The van der Waals surface area contributed by atoms with E-state index < -0.39 is 0 Å². The Morgan fingerprint density at radius 2 is 1.97 bits per heavy atom. The predicted octanol–water partition coefficient (Wildman–Crippen LogP) is 1.60. The van der Waals surface area contributed by atoms with Gasteiger partial charge in [0.15, 0.2) is 0 Å². The van der Waals surface area contributed by atoms with Crippen LogP contribution in [0.25, 0.3) is 0 Å². The molecule has 2 amide bonds. The number of anilines is 1. The maximum Gasteiger partial charge on any atom is 0.246 e. The van der Waals surface area contributed by atoms with E-state index >= 15 is 0 Å². The van der Waals surface area contributed by atoms with Crippen LogP contribution in [-0.4, -0.2) is 85.4 Å². The molecule has 1 aliphatic heterocycles. The number of aryl methyl sites for hydroxylation is 1. The third-order valence-electron chi connectivity index (χ3n) is 5.06. The van der Waals surface area contributed by atoms with Gasteiger partial charge in [0, 0.05) is 51.9 Å². The zero-order chi connectivity index (χ0) is 23.3. The number of likely N-dealkylation sites (N-methyl/N-ethyl adjacent to an activating group) is 2. The third kappa shape index (κ3) is 9.06. The van der Waals surface area contributed by atoms with Gasteiger partial charge in [0.25, 0.3) is 0 Å². The number of hydrogen-bond donors (Lipinski definition) is 1. The molecule has 1 N–H and O–H groups in total. The number of unbranched alkanes of at least 4 members (excludes halogenated alkanes) is 1. The van der Waals surface area contributed by atoms with Gasteiger partial charge < -0.3 is 20.0 Å². The van der Waals surface area contributed by atoms with Crippen molar-refractivity contribution in [1.82, 2.24) is 25.1 Å². The Labute approximate surface area is 192 Å². The number of nitrogens with one attached hydrogen (secondary N) is 1. The van der Waals surface area contributed by atoms with E-state index in [9.17, 15) is 9.59 Å². The number of amides is 2. The minimum Gasteiger partial charge on any atom is -0.355 e. The molecule has 0 spiro atoms. The third-order valence-corrected chi connectivity index (χ3v) is 5.06. The monoisotopic (exact) mass is 440 g/mol. The van der Waals surface area contributed by atoms with E-state index in [0.717, 1.165) is 36.7 Å². The van der Waals surface area contributed by atoms with Crippen LogP contribution in [0.5, 0.6) is 0 Å². The van der Waals surface area contributed by atoms with Crippen molar-refractivity contribution in [2.24, 2.45) is 0 Å². The first-order chi connectivity index (χ1) is 15.4. The first-order valence-corrected chi connectivity index (χ1v) is 11.3. The summed E-state index contributed by atoms with van der Waals surface area (Å²) in [5.74, 6) is 7.73. The second kappa shape index (κ2) is 13.5. The van der Waals surface area contributed by atoms with E-state index in [2.05, 4.69) is 32.0 Å². The number of piperidine rings is 1. The summed E-state index contributed by atoms with van der Waals surface area (Å²) in [6.07, 6.45) is 10.1. The van der Waals surface area contributed by atoms with Crippen LogP contribution in [0.15, 0.2) is 18.3 Å². The molecule has 8 nitrogen and oxygen atoms in total. The van der Waals surface area contributed by atoms with Crippen LogP contribution in [0.1, 0.15) is 43.5 Å². The SMILES string of the molecule is Cc1ncc(C#CCCCNC(=O)CN(C)C(=O)/C=C/CN(C)C)c(N2CCCCC2)n1. The molecule has 0 aliphatic carbocycles. The van der Waals surface area contributed by atoms with Gasteiger partial charge in [0.2, 0.25) is 11.8 Å². The predicted molar refractivity (Wildman–Crippen MR) is 127 cm³/mol. The second-order valence-electron chi connectivity index (χ2n) is 8.32. The molecule has 0 bridgehead atoms. The number of rotatable bonds is 9. The van der Waals surface area contributed by atoms with Crippen molar-refractivity contribution in [2.75, 3.05) is 58.8 Å². The number of nitrogens with zero attached hydrogens (tertiary/aromatic N) is 5.